The molecule has 3 N–H and O–H groups in total. The van der Waals surface area contributed by atoms with Crippen molar-refractivity contribution in [3.05, 3.63) is 29.0 Å². The van der Waals surface area contributed by atoms with Crippen molar-refractivity contribution in [3.8, 4) is 0 Å². The summed E-state index contributed by atoms with van der Waals surface area (Å²) in [5.74, 6) is 0.245. The van der Waals surface area contributed by atoms with Crippen LogP contribution in [0.2, 0.25) is 0 Å². The minimum atomic E-state index is -0.659. The molecule has 2 aromatic rings. The first kappa shape index (κ1) is 11.3. The van der Waals surface area contributed by atoms with E-state index >= 15 is 0 Å². The van der Waals surface area contributed by atoms with Crippen molar-refractivity contribution in [1.29, 1.82) is 0 Å². The summed E-state index contributed by atoms with van der Waals surface area (Å²) in [5, 5.41) is 3.39. The Morgan fingerprint density at radius 1 is 1.24 bits per heavy atom. The molecule has 5 heteroatoms. The maximum absolute atomic E-state index is 10.8. The Kier molecular flexibility index (Phi) is 2.67. The number of rotatable bonds is 1. The third-order valence-corrected chi connectivity index (χ3v) is 2.56. The molecule has 88 valence electrons. The summed E-state index contributed by atoms with van der Waals surface area (Å²) in [6.07, 6.45) is 0. The van der Waals surface area contributed by atoms with Gasteiger partial charge >= 0.3 is 6.03 Å². The number of amides is 2. The van der Waals surface area contributed by atoms with Gasteiger partial charge in [-0.15, -0.1) is 0 Å². The number of nitrogens with one attached hydrogen (secondary N) is 1. The molecule has 1 aromatic heterocycles. The van der Waals surface area contributed by atoms with E-state index in [0.717, 1.165) is 27.7 Å². The summed E-state index contributed by atoms with van der Waals surface area (Å²) < 4.78 is 0. The second-order valence-electron chi connectivity index (χ2n) is 4.10. The summed E-state index contributed by atoms with van der Waals surface area (Å²) in [6, 6.07) is 3.42. The van der Waals surface area contributed by atoms with E-state index in [1.165, 1.54) is 0 Å². The number of aromatic nitrogens is 2. The fourth-order valence-electron chi connectivity index (χ4n) is 1.90. The van der Waals surface area contributed by atoms with Gasteiger partial charge in [0.25, 0.3) is 0 Å². The Balaban J connectivity index is 2.68. The zero-order valence-electron chi connectivity index (χ0n) is 10.0. The number of carbonyl (C=O) groups is 1. The minimum Gasteiger partial charge on any atom is -0.351 e. The van der Waals surface area contributed by atoms with Crippen LogP contribution >= 0.6 is 0 Å². The van der Waals surface area contributed by atoms with Crippen LogP contribution in [0.15, 0.2) is 12.1 Å². The number of primary amides is 1. The summed E-state index contributed by atoms with van der Waals surface area (Å²) in [4.78, 5) is 19.3. The van der Waals surface area contributed by atoms with Crippen LogP contribution in [-0.4, -0.2) is 16.0 Å². The predicted octanol–water partition coefficient (Wildman–Crippen LogP) is 2.05. The molecule has 0 spiro atoms. The lowest BCUT2D eigenvalue weighted by atomic mass is 10.1. The third kappa shape index (κ3) is 2.18. The fourth-order valence-corrected chi connectivity index (χ4v) is 1.90. The maximum Gasteiger partial charge on any atom is 0.319 e. The lowest BCUT2D eigenvalue weighted by molar-refractivity contribution is 0.259. The first-order chi connectivity index (χ1) is 7.97. The van der Waals surface area contributed by atoms with Crippen molar-refractivity contribution in [3.63, 3.8) is 0 Å². The quantitative estimate of drug-likeness (QED) is 0.786. The normalized spacial score (nSPS) is 10.5. The predicted molar refractivity (Wildman–Crippen MR) is 67.0 cm³/mol. The molecule has 0 aliphatic carbocycles. The van der Waals surface area contributed by atoms with Crippen LogP contribution < -0.4 is 11.1 Å². The maximum atomic E-state index is 10.8. The first-order valence-electron chi connectivity index (χ1n) is 5.29. The molecule has 2 amide bonds. The van der Waals surface area contributed by atoms with Gasteiger partial charge in [-0.2, -0.15) is 0 Å². The van der Waals surface area contributed by atoms with Crippen LogP contribution in [0.3, 0.4) is 0 Å². The Labute approximate surface area is 99.1 Å². The zero-order valence-corrected chi connectivity index (χ0v) is 10.0. The highest BCUT2D eigenvalue weighted by Gasteiger charge is 2.08. The third-order valence-electron chi connectivity index (χ3n) is 2.56. The SMILES string of the molecule is Cc1cc(C)c2nc(NC(N)=O)nc(C)c2c1. The number of nitrogens with zero attached hydrogens (tertiary/aromatic N) is 2. The number of nitrogens with two attached hydrogens (primary N) is 1. The highest BCUT2D eigenvalue weighted by Crippen LogP contribution is 2.22. The molecule has 0 bridgehead atoms. The molecule has 0 radical (unpaired) electrons. The molecule has 1 aromatic carbocycles. The first-order valence-corrected chi connectivity index (χ1v) is 5.29. The lowest BCUT2D eigenvalue weighted by Crippen LogP contribution is -2.21. The second kappa shape index (κ2) is 4.01. The van der Waals surface area contributed by atoms with Gasteiger partial charge in [-0.3, -0.25) is 5.32 Å². The number of carbonyl (C=O) groups excluding carboxylic acids is 1. The molecular weight excluding hydrogens is 216 g/mol. The van der Waals surface area contributed by atoms with Crippen LogP contribution in [0.25, 0.3) is 10.9 Å². The molecule has 17 heavy (non-hydrogen) atoms. The number of hydrogen-bond acceptors (Lipinski definition) is 3. The monoisotopic (exact) mass is 230 g/mol. The molecule has 2 rings (SSSR count). The molecule has 0 saturated carbocycles. The van der Waals surface area contributed by atoms with Gasteiger partial charge in [-0.05, 0) is 32.4 Å². The number of benzene rings is 1. The average Bonchev–Trinajstić information content (AvgIpc) is 2.19. The van der Waals surface area contributed by atoms with Crippen LogP contribution in [0.5, 0.6) is 0 Å². The van der Waals surface area contributed by atoms with E-state index in [9.17, 15) is 4.79 Å². The number of urea groups is 1. The number of aryl methyl sites for hydroxylation is 3. The van der Waals surface area contributed by atoms with E-state index in [-0.39, 0.29) is 5.95 Å². The average molecular weight is 230 g/mol. The Bertz CT molecular complexity index is 607. The van der Waals surface area contributed by atoms with E-state index in [1.807, 2.05) is 32.9 Å². The highest BCUT2D eigenvalue weighted by atomic mass is 16.2. The van der Waals surface area contributed by atoms with Gasteiger partial charge in [0.2, 0.25) is 5.95 Å². The largest absolute Gasteiger partial charge is 0.351 e. The van der Waals surface area contributed by atoms with Gasteiger partial charge < -0.3 is 5.73 Å². The van der Waals surface area contributed by atoms with Crippen molar-refractivity contribution in [2.45, 2.75) is 20.8 Å². The van der Waals surface area contributed by atoms with Gasteiger partial charge in [-0.1, -0.05) is 11.6 Å². The van der Waals surface area contributed by atoms with Crippen LogP contribution in [0.1, 0.15) is 16.8 Å². The summed E-state index contributed by atoms with van der Waals surface area (Å²) in [7, 11) is 0. The molecule has 0 unspecified atom stereocenters. The lowest BCUT2D eigenvalue weighted by Gasteiger charge is -2.08. The van der Waals surface area contributed by atoms with Crippen molar-refractivity contribution in [1.82, 2.24) is 9.97 Å². The van der Waals surface area contributed by atoms with E-state index in [1.54, 1.807) is 0 Å². The number of fused-ring (bicyclic) bond motifs is 1. The van der Waals surface area contributed by atoms with Crippen molar-refractivity contribution >= 4 is 22.9 Å². The molecule has 0 fully saturated rings. The topological polar surface area (TPSA) is 80.9 Å². The molecule has 1 heterocycles. The number of hydrogen-bond donors (Lipinski definition) is 2. The molecule has 0 saturated heterocycles. The van der Waals surface area contributed by atoms with Crippen LogP contribution in [0, 0.1) is 20.8 Å². The Hall–Kier alpha value is -2.17. The molecule has 0 aliphatic rings. The van der Waals surface area contributed by atoms with Crippen molar-refractivity contribution in [2.75, 3.05) is 5.32 Å². The smallest absolute Gasteiger partial charge is 0.319 e. The van der Waals surface area contributed by atoms with Crippen LogP contribution in [-0.2, 0) is 0 Å². The summed E-state index contributed by atoms with van der Waals surface area (Å²) in [6.45, 7) is 5.90. The Morgan fingerprint density at radius 3 is 2.59 bits per heavy atom. The zero-order chi connectivity index (χ0) is 12.6. The highest BCUT2D eigenvalue weighted by molar-refractivity contribution is 5.89. The van der Waals surface area contributed by atoms with Gasteiger partial charge in [0.05, 0.1) is 11.2 Å². The van der Waals surface area contributed by atoms with E-state index in [4.69, 9.17) is 5.73 Å². The van der Waals surface area contributed by atoms with Gasteiger partial charge in [0, 0.05) is 5.39 Å². The summed E-state index contributed by atoms with van der Waals surface area (Å²) >= 11 is 0. The van der Waals surface area contributed by atoms with E-state index in [2.05, 4.69) is 15.3 Å². The van der Waals surface area contributed by atoms with Gasteiger partial charge in [0.1, 0.15) is 0 Å². The minimum absolute atomic E-state index is 0.245. The van der Waals surface area contributed by atoms with E-state index in [0.29, 0.717) is 0 Å². The van der Waals surface area contributed by atoms with Crippen molar-refractivity contribution in [2.24, 2.45) is 5.73 Å². The van der Waals surface area contributed by atoms with Crippen LogP contribution in [0.4, 0.5) is 10.7 Å². The molecular formula is C12H14N4O. The van der Waals surface area contributed by atoms with Gasteiger partial charge in [-0.25, -0.2) is 14.8 Å². The summed E-state index contributed by atoms with van der Waals surface area (Å²) in [5.41, 5.74) is 8.93. The van der Waals surface area contributed by atoms with Crippen molar-refractivity contribution < 1.29 is 4.79 Å². The second-order valence-corrected chi connectivity index (χ2v) is 4.10. The molecule has 0 aliphatic heterocycles. The fraction of sp³-hybridized carbons (Fsp3) is 0.250. The standard InChI is InChI=1S/C12H14N4O/c1-6-4-7(2)10-9(5-6)8(3)14-12(15-10)16-11(13)17/h4-5H,1-3H3,(H3,13,14,15,16,17). The number of anilines is 1. The molecule has 5 nitrogen and oxygen atoms in total. The van der Waals surface area contributed by atoms with E-state index < -0.39 is 6.03 Å². The van der Waals surface area contributed by atoms with Gasteiger partial charge in [0.15, 0.2) is 0 Å². The molecule has 0 atom stereocenters. The Morgan fingerprint density at radius 2 is 1.94 bits per heavy atom.